The second-order valence-corrected chi connectivity index (χ2v) is 33.3. The molecule has 6 amide bonds. The van der Waals surface area contributed by atoms with Crippen LogP contribution in [0.2, 0.25) is 0 Å². The SMILES string of the molecule is C.C.CCOP(=O)(COS(=O)(=O)C(F)(F)F)OCC.CCOP(=O)(COc1c(NC(=O)Nc2cccc(CNC(=O)O[C@H]3CCOC3)c2)ccc(-c2cnco2)c1OC)OCC.COc1c(-c2cnco2)ccc(NC(=O)Nc2cccc(CNC(=O)O[C@H]3CCOC3)c2)c1OCc1ccccc1.COc1c(C=O)ccc([N+](=O)[O-])c1O.COc1c(C=O)ccc([N+](=O)[O-])c1OCc1ccccc1.O=CO[O-].[Cs+]. The van der Waals surface area contributed by atoms with Gasteiger partial charge in [0.25, 0.3) is 6.47 Å². The van der Waals surface area contributed by atoms with Crippen LogP contribution in [0.5, 0.6) is 46.0 Å². The van der Waals surface area contributed by atoms with E-state index in [0.717, 1.165) is 28.3 Å². The minimum Gasteiger partial charge on any atom is -0.662 e. The third-order valence-corrected chi connectivity index (χ3v) is 22.9. The predicted octanol–water partition coefficient (Wildman–Crippen LogP) is 14.1. The molecule has 4 heterocycles. The van der Waals surface area contributed by atoms with E-state index in [1.54, 1.807) is 86.8 Å². The number of benzene rings is 8. The van der Waals surface area contributed by atoms with Gasteiger partial charge in [-0.3, -0.25) is 47.9 Å². The molecule has 2 aliphatic rings. The number of rotatable bonds is 41. The minimum absolute atomic E-state index is 0. The van der Waals surface area contributed by atoms with Crippen molar-refractivity contribution in [3.05, 3.63) is 237 Å². The number of nitrogens with one attached hydrogen (secondary N) is 6. The molecule has 12 rings (SSSR count). The van der Waals surface area contributed by atoms with E-state index >= 15 is 0 Å². The first-order valence-corrected chi connectivity index (χ1v) is 46.4. The van der Waals surface area contributed by atoms with Gasteiger partial charge in [0.2, 0.25) is 11.5 Å². The number of carbonyl (C=O) groups excluding carboxylic acids is 7. The average Bonchev–Trinajstić information content (AvgIpc) is 1.73. The molecule has 2 atom stereocenters. The van der Waals surface area contributed by atoms with Crippen molar-refractivity contribution in [2.24, 2.45) is 0 Å². The number of nitro groups is 2. The standard InChI is InChI=1S/C30H30N4O7.C28H35N4O10P.C15H13NO5.C8H7NO5.C6H12F3O6PS.CH2O3.2CH4.Cs/c1-37-27-24(26-16-31-19-40-26)10-11-25(28(27)39-17-20-6-3-2-4-7-20)34-29(35)33-22-9-5-8-21(14-22)15-32-30(36)41-23-12-13-38-18-23;1-4-40-43(35,41-5-2)18-39-26-23(10-9-22(25(26)36-3)24-15-29-17-38-24)32-27(33)31-20-8-6-7-19(13-20)14-30-28(34)42-21-11-12-37-16-21;1-20-14-12(9-17)7-8-13(16(18)19)15(14)21-10-11-5-3-2-4-6-11;1-14-8-5(4-10)2-3-6(7(8)11)9(12)13;1-3-13-16(10,14-4-2)5-15-17(11,12)6(7,8)9;2-1-4-3;;;/h2-11,14,16,19,23H,12-13,15,17-18H2,1H3,(H,32,36)(H2,33,34,35);6-10,13,15,17,21H,4-5,11-12,14,16,18H2,1-3H3,(H,30,34)(H2,31,32,33);2-9H,10H2,1H3;2-4,11H,1H3;3-5H2,1-2H3;1,3H;2*1H4;/q;;;;;;;;+1/p-1/t23-;21-;;;;;;;/m00......./s1. The quantitative estimate of drug-likeness (QED) is 0.00356. The van der Waals surface area contributed by atoms with Crippen molar-refractivity contribution in [2.75, 3.05) is 115 Å². The van der Waals surface area contributed by atoms with Gasteiger partial charge in [-0.1, -0.05) is 99.8 Å². The fourth-order valence-corrected chi connectivity index (χ4v) is 15.6. The van der Waals surface area contributed by atoms with Gasteiger partial charge in [0.1, 0.15) is 25.4 Å². The molecular formula is C90H106CsF3N10O36P2S. The molecule has 0 aliphatic carbocycles. The smallest absolute Gasteiger partial charge is 0.662 e. The van der Waals surface area contributed by atoms with E-state index in [9.17, 15) is 84.8 Å². The summed E-state index contributed by atoms with van der Waals surface area (Å²) in [6.45, 7) is 8.89. The number of halogens is 3. The normalized spacial score (nSPS) is 12.7. The third-order valence-electron chi connectivity index (χ3n) is 18.2. The molecule has 8 aromatic carbocycles. The number of alkyl carbamates (subject to hydrolysis) is 2. The zero-order chi connectivity index (χ0) is 102. The number of ether oxygens (including phenoxy) is 11. The zero-order valence-corrected chi connectivity index (χ0v) is 85.9. The predicted molar refractivity (Wildman–Crippen MR) is 502 cm³/mol. The fourth-order valence-electron chi connectivity index (χ4n) is 12.1. The van der Waals surface area contributed by atoms with Gasteiger partial charge in [0.05, 0.1) is 137 Å². The molecule has 0 saturated carbocycles. The van der Waals surface area contributed by atoms with Gasteiger partial charge in [-0.2, -0.15) is 21.6 Å². The number of methoxy groups -OCH3 is 4. The molecule has 0 unspecified atom stereocenters. The van der Waals surface area contributed by atoms with E-state index < -0.39 is 89.0 Å². The van der Waals surface area contributed by atoms with Gasteiger partial charge >= 0.3 is 135 Å². The Morgan fingerprint density at radius 3 is 1.27 bits per heavy atom. The van der Waals surface area contributed by atoms with Gasteiger partial charge in [-0.15, -0.1) is 0 Å². The van der Waals surface area contributed by atoms with E-state index in [1.807, 2.05) is 66.7 Å². The number of alkyl halides is 3. The first-order chi connectivity index (χ1) is 67.2. The van der Waals surface area contributed by atoms with E-state index in [-0.39, 0.29) is 206 Å². The summed E-state index contributed by atoms with van der Waals surface area (Å²) in [5, 5.41) is 55.8. The maximum Gasteiger partial charge on any atom is 1.00 e. The summed E-state index contributed by atoms with van der Waals surface area (Å²) in [5.41, 5.74) is 0.0135. The maximum atomic E-state index is 13.1. The number of phenolic OH excluding ortho intramolecular Hbond substituents is 1. The molecule has 0 radical (unpaired) electrons. The summed E-state index contributed by atoms with van der Waals surface area (Å²) in [5.74, 6) is 1.09. The molecule has 0 spiro atoms. The number of aldehydes is 2. The second-order valence-electron chi connectivity index (χ2n) is 27.7. The largest absolute Gasteiger partial charge is 1.00 e. The molecule has 2 aliphatic heterocycles. The van der Waals surface area contributed by atoms with E-state index in [4.69, 9.17) is 75.3 Å². The first kappa shape index (κ1) is 122. The van der Waals surface area contributed by atoms with Crippen molar-refractivity contribution < 1.29 is 241 Å². The van der Waals surface area contributed by atoms with Crippen molar-refractivity contribution in [2.45, 2.75) is 99.4 Å². The van der Waals surface area contributed by atoms with Crippen LogP contribution >= 0.6 is 15.2 Å². The molecule has 2 saturated heterocycles. The number of nitrogens with zero attached hydrogens (tertiary/aromatic N) is 4. The van der Waals surface area contributed by atoms with Crippen LogP contribution in [-0.2, 0) is 96.5 Å². The summed E-state index contributed by atoms with van der Waals surface area (Å²) in [4.78, 5) is 111. The maximum absolute atomic E-state index is 13.1. The number of amides is 6. The number of hydrogen-bond acceptors (Lipinski definition) is 38. The number of aromatic nitrogens is 2. The van der Waals surface area contributed by atoms with Crippen LogP contribution in [0.25, 0.3) is 22.6 Å². The Balaban J connectivity index is 0.000000391. The van der Waals surface area contributed by atoms with Crippen molar-refractivity contribution >= 4 is 103 Å². The molecular weight excluding hydrogens is 2080 g/mol. The van der Waals surface area contributed by atoms with Gasteiger partial charge in [0.15, 0.2) is 84.1 Å². The summed E-state index contributed by atoms with van der Waals surface area (Å²) in [6, 6.07) is 43.4. The average molecular weight is 2190 g/mol. The van der Waals surface area contributed by atoms with Crippen LogP contribution in [-0.4, -0.2) is 188 Å². The van der Waals surface area contributed by atoms with Crippen molar-refractivity contribution in [3.8, 4) is 68.6 Å². The topological polar surface area (TPSA) is 598 Å². The first-order valence-electron chi connectivity index (χ1n) is 41.5. The van der Waals surface area contributed by atoms with Crippen LogP contribution in [0.3, 0.4) is 0 Å². The molecule has 46 nitrogen and oxygen atoms in total. The Morgan fingerprint density at radius 1 is 0.517 bits per heavy atom. The number of nitro benzene ring substituents is 2. The van der Waals surface area contributed by atoms with Gasteiger partial charge in [-0.25, -0.2) is 29.1 Å². The Kier molecular flexibility index (Phi) is 54.2. The van der Waals surface area contributed by atoms with Crippen LogP contribution in [0.15, 0.2) is 192 Å². The molecule has 53 heteroatoms. The number of hydrogen-bond donors (Lipinski definition) is 7. The molecule has 770 valence electrons. The molecule has 2 aromatic heterocycles. The summed E-state index contributed by atoms with van der Waals surface area (Å²) >= 11 is 0. The molecule has 2 fully saturated rings. The van der Waals surface area contributed by atoms with E-state index in [2.05, 4.69) is 64.7 Å². The zero-order valence-electron chi connectivity index (χ0n) is 77.0. The summed E-state index contributed by atoms with van der Waals surface area (Å²) in [6.07, 6.45) is 4.76. The number of phenols is 1. The van der Waals surface area contributed by atoms with Crippen LogP contribution in [0, 0.1) is 20.2 Å². The number of carbonyl (C=O) groups is 7. The van der Waals surface area contributed by atoms with Gasteiger partial charge < -0.3 is 126 Å². The minimum atomic E-state index is -5.80. The third kappa shape index (κ3) is 39.4. The number of aromatic hydroxyl groups is 1. The van der Waals surface area contributed by atoms with E-state index in [0.29, 0.717) is 103 Å². The Morgan fingerprint density at radius 2 is 0.909 bits per heavy atom. The summed E-state index contributed by atoms with van der Waals surface area (Å²) < 4.78 is 175. The van der Waals surface area contributed by atoms with Gasteiger partial charge in [0, 0.05) is 49.4 Å². The van der Waals surface area contributed by atoms with Crippen molar-refractivity contribution in [3.63, 3.8) is 0 Å². The molecule has 10 aromatic rings. The number of anilines is 4. The van der Waals surface area contributed by atoms with Crippen LogP contribution in [0.1, 0.15) is 98.4 Å². The monoisotopic (exact) mass is 2190 g/mol. The second kappa shape index (κ2) is 63.3. The van der Waals surface area contributed by atoms with Crippen molar-refractivity contribution in [1.29, 1.82) is 0 Å². The molecule has 0 bridgehead atoms. The van der Waals surface area contributed by atoms with Gasteiger partial charge in [-0.05, 0) is 111 Å². The fraction of sp³-hybridized carbons (Fsp3) is 0.322. The van der Waals surface area contributed by atoms with Crippen LogP contribution in [0.4, 0.5) is 66.5 Å². The number of urea groups is 2. The molecule has 143 heavy (non-hydrogen) atoms. The van der Waals surface area contributed by atoms with E-state index in [1.165, 1.54) is 79.5 Å². The Bertz CT molecular complexity index is 5900. The Labute approximate surface area is 877 Å². The summed E-state index contributed by atoms with van der Waals surface area (Å²) in [7, 11) is -7.91. The molecule has 7 N–H and O–H groups in total. The van der Waals surface area contributed by atoms with Crippen LogP contribution < -0.4 is 139 Å². The Hall–Kier alpha value is -12.8. The number of oxazole rings is 2. The van der Waals surface area contributed by atoms with Crippen molar-refractivity contribution in [1.82, 2.24) is 20.6 Å².